The van der Waals surface area contributed by atoms with Crippen LogP contribution in [0, 0.1) is 0 Å². The lowest BCUT2D eigenvalue weighted by atomic mass is 9.92. The molecule has 2 aliphatic rings. The zero-order valence-corrected chi connectivity index (χ0v) is 9.90. The van der Waals surface area contributed by atoms with Gasteiger partial charge in [0.05, 0.1) is 0 Å². The average Bonchev–Trinajstić information content (AvgIpc) is 2.67. The molecule has 0 spiro atoms. The van der Waals surface area contributed by atoms with E-state index in [0.29, 0.717) is 6.04 Å². The third-order valence-corrected chi connectivity index (χ3v) is 3.70. The molecule has 1 atom stereocenters. The Kier molecular flexibility index (Phi) is 2.22. The van der Waals surface area contributed by atoms with Gasteiger partial charge in [-0.1, -0.05) is 36.4 Å². The summed E-state index contributed by atoms with van der Waals surface area (Å²) >= 11 is 0. The molecule has 2 aliphatic carbocycles. The minimum atomic E-state index is 0.590. The molecule has 0 saturated heterocycles. The van der Waals surface area contributed by atoms with Gasteiger partial charge in [-0.15, -0.1) is 0 Å². The van der Waals surface area contributed by atoms with Crippen LogP contribution in [0.3, 0.4) is 0 Å². The highest BCUT2D eigenvalue weighted by Gasteiger charge is 2.28. The summed E-state index contributed by atoms with van der Waals surface area (Å²) in [6.07, 6.45) is 6.91. The van der Waals surface area contributed by atoms with Gasteiger partial charge in [0.25, 0.3) is 0 Å². The largest absolute Gasteiger partial charge is 0.302 e. The third-order valence-electron chi connectivity index (χ3n) is 3.70. The number of benzene rings is 1. The van der Waals surface area contributed by atoms with Crippen LogP contribution in [0.25, 0.3) is 5.57 Å². The number of hydrogen-bond acceptors (Lipinski definition) is 1. The van der Waals surface area contributed by atoms with E-state index in [4.69, 9.17) is 0 Å². The molecular formula is C15H17N. The normalized spacial score (nSPS) is 22.6. The first-order chi connectivity index (χ1) is 7.77. The fourth-order valence-electron chi connectivity index (χ4n) is 2.88. The molecule has 0 N–H and O–H groups in total. The topological polar surface area (TPSA) is 3.24 Å². The van der Waals surface area contributed by atoms with Crippen LogP contribution in [0.2, 0.25) is 0 Å². The third kappa shape index (κ3) is 1.35. The molecule has 0 saturated carbocycles. The van der Waals surface area contributed by atoms with E-state index in [0.717, 1.165) is 12.8 Å². The predicted molar refractivity (Wildman–Crippen MR) is 68.3 cm³/mol. The fourth-order valence-corrected chi connectivity index (χ4v) is 2.88. The van der Waals surface area contributed by atoms with Gasteiger partial charge >= 0.3 is 0 Å². The standard InChI is InChI=1S/C15H17N/c1-16(2)15-9-5-8-13-12-7-4-3-6-11(12)10-14(13)15/h3-8,15H,9-10H2,1-2H3. The molecule has 1 unspecified atom stereocenters. The van der Waals surface area contributed by atoms with Crippen LogP contribution < -0.4 is 0 Å². The zero-order valence-electron chi connectivity index (χ0n) is 9.90. The van der Waals surface area contributed by atoms with E-state index in [1.807, 2.05) is 0 Å². The highest BCUT2D eigenvalue weighted by Crippen LogP contribution is 2.39. The van der Waals surface area contributed by atoms with Gasteiger partial charge in [-0.05, 0) is 49.2 Å². The summed E-state index contributed by atoms with van der Waals surface area (Å²) in [6.45, 7) is 0. The monoisotopic (exact) mass is 211 g/mol. The van der Waals surface area contributed by atoms with Gasteiger partial charge in [0.1, 0.15) is 0 Å². The molecule has 0 radical (unpaired) electrons. The van der Waals surface area contributed by atoms with Gasteiger partial charge in [0.2, 0.25) is 0 Å². The summed E-state index contributed by atoms with van der Waals surface area (Å²) in [5.74, 6) is 0. The van der Waals surface area contributed by atoms with E-state index in [9.17, 15) is 0 Å². The zero-order chi connectivity index (χ0) is 11.1. The van der Waals surface area contributed by atoms with Crippen molar-refractivity contribution in [2.24, 2.45) is 0 Å². The summed E-state index contributed by atoms with van der Waals surface area (Å²) in [5.41, 5.74) is 6.01. The Labute approximate surface area is 97.1 Å². The van der Waals surface area contributed by atoms with Crippen molar-refractivity contribution in [1.82, 2.24) is 4.90 Å². The second-order valence-electron chi connectivity index (χ2n) is 4.89. The van der Waals surface area contributed by atoms with E-state index in [-0.39, 0.29) is 0 Å². The number of hydrogen-bond donors (Lipinski definition) is 0. The molecule has 0 fully saturated rings. The lowest BCUT2D eigenvalue weighted by molar-refractivity contribution is 0.328. The highest BCUT2D eigenvalue weighted by molar-refractivity contribution is 5.84. The molecule has 0 aliphatic heterocycles. The number of likely N-dealkylation sites (N-methyl/N-ethyl adjacent to an activating group) is 1. The Morgan fingerprint density at radius 1 is 1.19 bits per heavy atom. The van der Waals surface area contributed by atoms with Crippen LogP contribution in [0.5, 0.6) is 0 Å². The van der Waals surface area contributed by atoms with E-state index in [1.54, 1.807) is 5.57 Å². The molecule has 1 nitrogen and oxygen atoms in total. The number of rotatable bonds is 1. The Balaban J connectivity index is 2.08. The number of nitrogens with zero attached hydrogens (tertiary/aromatic N) is 1. The minimum Gasteiger partial charge on any atom is -0.302 e. The van der Waals surface area contributed by atoms with Crippen molar-refractivity contribution in [2.75, 3.05) is 14.1 Å². The minimum absolute atomic E-state index is 0.590. The Morgan fingerprint density at radius 2 is 2.00 bits per heavy atom. The lowest BCUT2D eigenvalue weighted by Gasteiger charge is -2.27. The van der Waals surface area contributed by atoms with Crippen molar-refractivity contribution in [3.05, 3.63) is 53.1 Å². The predicted octanol–water partition coefficient (Wildman–Crippen LogP) is 2.89. The van der Waals surface area contributed by atoms with Gasteiger partial charge in [-0.2, -0.15) is 0 Å². The molecule has 0 heterocycles. The Bertz CT molecular complexity index is 480. The van der Waals surface area contributed by atoms with E-state index in [2.05, 4.69) is 55.4 Å². The summed E-state index contributed by atoms with van der Waals surface area (Å²) in [4.78, 5) is 2.34. The van der Waals surface area contributed by atoms with Crippen LogP contribution in [-0.2, 0) is 6.42 Å². The molecule has 3 rings (SSSR count). The van der Waals surface area contributed by atoms with Gasteiger partial charge in [-0.3, -0.25) is 0 Å². The van der Waals surface area contributed by atoms with Crippen molar-refractivity contribution in [3.8, 4) is 0 Å². The summed E-state index contributed by atoms with van der Waals surface area (Å²) in [6, 6.07) is 9.38. The first kappa shape index (κ1) is 9.86. The average molecular weight is 211 g/mol. The maximum Gasteiger partial charge on any atom is 0.0348 e. The molecule has 0 aromatic heterocycles. The second-order valence-corrected chi connectivity index (χ2v) is 4.89. The van der Waals surface area contributed by atoms with Crippen molar-refractivity contribution < 1.29 is 0 Å². The number of fused-ring (bicyclic) bond motifs is 2. The van der Waals surface area contributed by atoms with Crippen LogP contribution in [0.15, 0.2) is 42.0 Å². The van der Waals surface area contributed by atoms with Gasteiger partial charge in [-0.25, -0.2) is 0 Å². The molecular weight excluding hydrogens is 194 g/mol. The summed E-state index contributed by atoms with van der Waals surface area (Å²) in [7, 11) is 4.36. The maximum atomic E-state index is 2.34. The second kappa shape index (κ2) is 3.60. The first-order valence-corrected chi connectivity index (χ1v) is 5.91. The van der Waals surface area contributed by atoms with Crippen molar-refractivity contribution in [2.45, 2.75) is 18.9 Å². The SMILES string of the molecule is CN(C)C1CC=CC2=C1Cc1ccccc12. The summed E-state index contributed by atoms with van der Waals surface area (Å²) in [5, 5.41) is 0. The van der Waals surface area contributed by atoms with Crippen LogP contribution in [0.4, 0.5) is 0 Å². The van der Waals surface area contributed by atoms with Gasteiger partial charge in [0.15, 0.2) is 0 Å². The van der Waals surface area contributed by atoms with Crippen molar-refractivity contribution >= 4 is 5.57 Å². The molecule has 1 aromatic rings. The molecule has 0 amide bonds. The first-order valence-electron chi connectivity index (χ1n) is 5.91. The molecule has 1 aromatic carbocycles. The molecule has 1 heteroatoms. The molecule has 16 heavy (non-hydrogen) atoms. The van der Waals surface area contributed by atoms with E-state index >= 15 is 0 Å². The summed E-state index contributed by atoms with van der Waals surface area (Å²) < 4.78 is 0. The van der Waals surface area contributed by atoms with Gasteiger partial charge in [0, 0.05) is 6.04 Å². The quantitative estimate of drug-likeness (QED) is 0.690. The number of allylic oxidation sites excluding steroid dienone is 2. The van der Waals surface area contributed by atoms with Crippen LogP contribution in [0.1, 0.15) is 17.5 Å². The van der Waals surface area contributed by atoms with E-state index < -0.39 is 0 Å². The van der Waals surface area contributed by atoms with E-state index in [1.165, 1.54) is 16.7 Å². The van der Waals surface area contributed by atoms with Gasteiger partial charge < -0.3 is 4.90 Å². The molecule has 82 valence electrons. The maximum absolute atomic E-state index is 2.34. The Morgan fingerprint density at radius 3 is 2.81 bits per heavy atom. The fraction of sp³-hybridized carbons (Fsp3) is 0.333. The van der Waals surface area contributed by atoms with Crippen LogP contribution in [-0.4, -0.2) is 25.0 Å². The van der Waals surface area contributed by atoms with Crippen molar-refractivity contribution in [3.63, 3.8) is 0 Å². The molecule has 0 bridgehead atoms. The van der Waals surface area contributed by atoms with Crippen LogP contribution >= 0.6 is 0 Å². The smallest absolute Gasteiger partial charge is 0.0348 e. The lowest BCUT2D eigenvalue weighted by Crippen LogP contribution is -2.30. The Hall–Kier alpha value is -1.34. The highest BCUT2D eigenvalue weighted by atomic mass is 15.1. The van der Waals surface area contributed by atoms with Crippen molar-refractivity contribution in [1.29, 1.82) is 0 Å².